The normalized spacial score (nSPS) is 15.4. The van der Waals surface area contributed by atoms with Crippen molar-refractivity contribution in [3.05, 3.63) is 29.5 Å². The summed E-state index contributed by atoms with van der Waals surface area (Å²) in [5.74, 6) is 2.38. The Morgan fingerprint density at radius 2 is 2.08 bits per heavy atom. The molecule has 1 aliphatic carbocycles. The standard InChI is InChI=1S/C19H32N4O.HI/c1-5-20-18(21-12-11-15-9-7-6-8-10-15)23-14-17-22-13-16(24-17)19(2,3)4;/h9,13H,5-8,10-12,14H2,1-4H3,(H2,20,21,23);1H. The van der Waals surface area contributed by atoms with Gasteiger partial charge in [0.15, 0.2) is 5.96 Å². The Kier molecular flexibility index (Phi) is 9.53. The van der Waals surface area contributed by atoms with E-state index in [-0.39, 0.29) is 29.4 Å². The van der Waals surface area contributed by atoms with Crippen LogP contribution >= 0.6 is 24.0 Å². The number of guanidine groups is 1. The highest BCUT2D eigenvalue weighted by Crippen LogP contribution is 2.22. The first-order valence-electron chi connectivity index (χ1n) is 9.14. The first-order chi connectivity index (χ1) is 11.5. The van der Waals surface area contributed by atoms with Crippen molar-refractivity contribution >= 4 is 29.9 Å². The molecular weight excluding hydrogens is 427 g/mol. The summed E-state index contributed by atoms with van der Waals surface area (Å²) in [6.45, 7) is 10.6. The van der Waals surface area contributed by atoms with E-state index in [1.165, 1.54) is 25.7 Å². The van der Waals surface area contributed by atoms with Crippen molar-refractivity contribution in [1.29, 1.82) is 0 Å². The third-order valence-corrected chi connectivity index (χ3v) is 4.13. The Labute approximate surface area is 169 Å². The van der Waals surface area contributed by atoms with Gasteiger partial charge in [0.25, 0.3) is 0 Å². The second-order valence-corrected chi connectivity index (χ2v) is 7.35. The number of halogens is 1. The summed E-state index contributed by atoms with van der Waals surface area (Å²) in [6.07, 6.45) is 10.5. The summed E-state index contributed by atoms with van der Waals surface area (Å²) in [6, 6.07) is 0. The van der Waals surface area contributed by atoms with Gasteiger partial charge in [-0.3, -0.25) is 0 Å². The average Bonchev–Trinajstić information content (AvgIpc) is 3.03. The summed E-state index contributed by atoms with van der Waals surface area (Å²) in [5, 5.41) is 6.68. The van der Waals surface area contributed by atoms with Gasteiger partial charge in [0.05, 0.1) is 6.20 Å². The molecule has 0 radical (unpaired) electrons. The molecule has 1 heterocycles. The van der Waals surface area contributed by atoms with Crippen LogP contribution in [0.15, 0.2) is 27.3 Å². The molecule has 0 aromatic carbocycles. The van der Waals surface area contributed by atoms with Crippen LogP contribution in [-0.4, -0.2) is 24.0 Å². The number of nitrogens with one attached hydrogen (secondary N) is 2. The van der Waals surface area contributed by atoms with Crippen LogP contribution in [0, 0.1) is 0 Å². The van der Waals surface area contributed by atoms with Crippen LogP contribution in [-0.2, 0) is 12.0 Å². The third kappa shape index (κ3) is 7.79. The van der Waals surface area contributed by atoms with E-state index in [0.29, 0.717) is 12.4 Å². The molecule has 0 spiro atoms. The maximum atomic E-state index is 5.79. The first kappa shape index (κ1) is 22.0. The maximum absolute atomic E-state index is 5.79. The van der Waals surface area contributed by atoms with Gasteiger partial charge in [-0.15, -0.1) is 24.0 Å². The fraction of sp³-hybridized carbons (Fsp3) is 0.684. The van der Waals surface area contributed by atoms with Crippen molar-refractivity contribution in [2.45, 2.75) is 71.8 Å². The van der Waals surface area contributed by atoms with Crippen LogP contribution in [0.2, 0.25) is 0 Å². The summed E-state index contributed by atoms with van der Waals surface area (Å²) in [7, 11) is 0. The molecule has 1 aliphatic rings. The zero-order valence-corrected chi connectivity index (χ0v) is 18.4. The second-order valence-electron chi connectivity index (χ2n) is 7.35. The first-order valence-corrected chi connectivity index (χ1v) is 9.14. The monoisotopic (exact) mass is 460 g/mol. The van der Waals surface area contributed by atoms with Gasteiger partial charge in [-0.1, -0.05) is 32.4 Å². The van der Waals surface area contributed by atoms with E-state index in [1.807, 2.05) is 0 Å². The lowest BCUT2D eigenvalue weighted by atomic mass is 9.94. The minimum absolute atomic E-state index is 0. The Bertz CT molecular complexity index is 572. The van der Waals surface area contributed by atoms with Crippen molar-refractivity contribution in [3.63, 3.8) is 0 Å². The molecule has 0 unspecified atom stereocenters. The van der Waals surface area contributed by atoms with E-state index >= 15 is 0 Å². The Hall–Kier alpha value is -1.05. The lowest BCUT2D eigenvalue weighted by Crippen LogP contribution is -2.37. The number of hydrogen-bond donors (Lipinski definition) is 2. The predicted molar refractivity (Wildman–Crippen MR) is 115 cm³/mol. The maximum Gasteiger partial charge on any atom is 0.216 e. The SMILES string of the molecule is CCNC(=NCc1ncc(C(C)(C)C)o1)NCCC1=CCCCC1.I. The molecule has 0 saturated heterocycles. The highest BCUT2D eigenvalue weighted by molar-refractivity contribution is 14.0. The molecule has 0 amide bonds. The number of rotatable bonds is 6. The molecule has 2 N–H and O–H groups in total. The fourth-order valence-electron chi connectivity index (χ4n) is 2.69. The van der Waals surface area contributed by atoms with Crippen LogP contribution in [0.5, 0.6) is 0 Å². The van der Waals surface area contributed by atoms with Gasteiger partial charge in [-0.2, -0.15) is 0 Å². The number of allylic oxidation sites excluding steroid dienone is 1. The zero-order valence-electron chi connectivity index (χ0n) is 16.0. The molecule has 1 aromatic heterocycles. The smallest absolute Gasteiger partial charge is 0.216 e. The predicted octanol–water partition coefficient (Wildman–Crippen LogP) is 4.54. The van der Waals surface area contributed by atoms with Gasteiger partial charge < -0.3 is 15.1 Å². The lowest BCUT2D eigenvalue weighted by molar-refractivity contribution is 0.383. The van der Waals surface area contributed by atoms with E-state index < -0.39 is 0 Å². The molecule has 1 aromatic rings. The largest absolute Gasteiger partial charge is 0.443 e. The molecule has 2 rings (SSSR count). The average molecular weight is 460 g/mol. The van der Waals surface area contributed by atoms with Crippen molar-refractivity contribution in [2.75, 3.05) is 13.1 Å². The van der Waals surface area contributed by atoms with Gasteiger partial charge in [0, 0.05) is 18.5 Å². The molecule has 0 saturated carbocycles. The highest BCUT2D eigenvalue weighted by Gasteiger charge is 2.19. The summed E-state index contributed by atoms with van der Waals surface area (Å²) < 4.78 is 5.79. The van der Waals surface area contributed by atoms with Gasteiger partial charge in [-0.25, -0.2) is 9.98 Å². The van der Waals surface area contributed by atoms with E-state index in [1.54, 1.807) is 11.8 Å². The van der Waals surface area contributed by atoms with Crippen LogP contribution in [0.3, 0.4) is 0 Å². The van der Waals surface area contributed by atoms with Crippen molar-refractivity contribution < 1.29 is 4.42 Å². The molecule has 0 aliphatic heterocycles. The Morgan fingerprint density at radius 1 is 1.28 bits per heavy atom. The van der Waals surface area contributed by atoms with Crippen LogP contribution in [0.25, 0.3) is 0 Å². The lowest BCUT2D eigenvalue weighted by Gasteiger charge is -2.15. The van der Waals surface area contributed by atoms with E-state index in [9.17, 15) is 0 Å². The minimum Gasteiger partial charge on any atom is -0.443 e. The van der Waals surface area contributed by atoms with Gasteiger partial charge in [-0.05, 0) is 39.0 Å². The molecule has 6 heteroatoms. The van der Waals surface area contributed by atoms with Gasteiger partial charge in [0.2, 0.25) is 5.89 Å². The Morgan fingerprint density at radius 3 is 2.68 bits per heavy atom. The molecule has 0 atom stereocenters. The number of aliphatic imine (C=N–C) groups is 1. The zero-order chi connectivity index (χ0) is 17.4. The number of nitrogens with zero attached hydrogens (tertiary/aromatic N) is 2. The van der Waals surface area contributed by atoms with Crippen molar-refractivity contribution in [2.24, 2.45) is 4.99 Å². The molecule has 0 fully saturated rings. The van der Waals surface area contributed by atoms with Crippen LogP contribution in [0.4, 0.5) is 0 Å². The molecule has 5 nitrogen and oxygen atoms in total. The Balaban J connectivity index is 0.00000312. The van der Waals surface area contributed by atoms with E-state index in [2.05, 4.69) is 54.4 Å². The van der Waals surface area contributed by atoms with Crippen molar-refractivity contribution in [1.82, 2.24) is 15.6 Å². The van der Waals surface area contributed by atoms with Crippen molar-refractivity contribution in [3.8, 4) is 0 Å². The van der Waals surface area contributed by atoms with Crippen LogP contribution in [0.1, 0.15) is 71.5 Å². The number of hydrogen-bond acceptors (Lipinski definition) is 3. The second kappa shape index (κ2) is 10.8. The van der Waals surface area contributed by atoms with Gasteiger partial charge in [0.1, 0.15) is 12.3 Å². The molecule has 0 bridgehead atoms. The van der Waals surface area contributed by atoms with Crippen LogP contribution < -0.4 is 10.6 Å². The van der Waals surface area contributed by atoms with E-state index in [4.69, 9.17) is 4.42 Å². The molecule has 142 valence electrons. The number of oxazole rings is 1. The summed E-state index contributed by atoms with van der Waals surface area (Å²) in [5.41, 5.74) is 1.55. The van der Waals surface area contributed by atoms with E-state index in [0.717, 1.165) is 31.2 Å². The third-order valence-electron chi connectivity index (χ3n) is 4.13. The minimum atomic E-state index is -0.0224. The fourth-order valence-corrected chi connectivity index (χ4v) is 2.69. The summed E-state index contributed by atoms with van der Waals surface area (Å²) >= 11 is 0. The quantitative estimate of drug-likeness (QED) is 0.283. The highest BCUT2D eigenvalue weighted by atomic mass is 127. The summed E-state index contributed by atoms with van der Waals surface area (Å²) in [4.78, 5) is 8.91. The van der Waals surface area contributed by atoms with Gasteiger partial charge >= 0.3 is 0 Å². The molecular formula is C19H33IN4O. The molecule has 25 heavy (non-hydrogen) atoms. The number of aromatic nitrogens is 1. The topological polar surface area (TPSA) is 62.5 Å².